The molecule has 35 heavy (non-hydrogen) atoms. The number of carbonyl (C=O) groups excluding carboxylic acids is 1. The molecule has 0 spiro atoms. The fourth-order valence-electron chi connectivity index (χ4n) is 4.84. The van der Waals surface area contributed by atoms with Gasteiger partial charge < -0.3 is 24.0 Å². The maximum Gasteiger partial charge on any atom is 0.227 e. The lowest BCUT2D eigenvalue weighted by Crippen LogP contribution is -2.48. The van der Waals surface area contributed by atoms with Gasteiger partial charge in [0, 0.05) is 32.2 Å². The minimum Gasteiger partial charge on any atom is -0.494 e. The van der Waals surface area contributed by atoms with Crippen molar-refractivity contribution in [2.24, 2.45) is 0 Å². The Labute approximate surface area is 208 Å². The maximum atomic E-state index is 13.5. The molecule has 7 heteroatoms. The second-order valence-corrected chi connectivity index (χ2v) is 9.33. The van der Waals surface area contributed by atoms with E-state index in [-0.39, 0.29) is 23.9 Å². The van der Waals surface area contributed by atoms with E-state index < -0.39 is 0 Å². The van der Waals surface area contributed by atoms with E-state index in [2.05, 4.69) is 4.90 Å². The number of hydrogen-bond donors (Lipinski definition) is 0. The van der Waals surface area contributed by atoms with Crippen LogP contribution in [0.25, 0.3) is 0 Å². The van der Waals surface area contributed by atoms with Crippen molar-refractivity contribution in [2.75, 3.05) is 46.1 Å². The standard InChI is InChI=1S/C28H37FN2O4/c1-2-34-26-9-5-22(6-10-26)19-28(32)31(20-23-3-7-24(29)8-4-23)25-11-14-30(15-12-25)16-13-27-21-33-17-18-35-27/h3-10,25,27H,2,11-21H2,1H3. The van der Waals surface area contributed by atoms with Gasteiger partial charge in [0.15, 0.2) is 0 Å². The number of benzene rings is 2. The summed E-state index contributed by atoms with van der Waals surface area (Å²) in [4.78, 5) is 17.9. The van der Waals surface area contributed by atoms with Crippen LogP contribution in [0.1, 0.15) is 37.3 Å². The summed E-state index contributed by atoms with van der Waals surface area (Å²) in [5.74, 6) is 0.649. The van der Waals surface area contributed by atoms with Gasteiger partial charge in [-0.2, -0.15) is 0 Å². The van der Waals surface area contributed by atoms with E-state index in [9.17, 15) is 9.18 Å². The molecular weight excluding hydrogens is 447 g/mol. The topological polar surface area (TPSA) is 51.2 Å². The second kappa shape index (κ2) is 13.0. The number of halogens is 1. The van der Waals surface area contributed by atoms with Gasteiger partial charge in [-0.05, 0) is 61.6 Å². The van der Waals surface area contributed by atoms with Crippen LogP contribution in [0.5, 0.6) is 5.75 Å². The number of nitrogens with zero attached hydrogens (tertiary/aromatic N) is 2. The Kier molecular flexibility index (Phi) is 9.51. The van der Waals surface area contributed by atoms with Crippen LogP contribution in [-0.2, 0) is 27.2 Å². The molecule has 6 nitrogen and oxygen atoms in total. The largest absolute Gasteiger partial charge is 0.494 e. The van der Waals surface area contributed by atoms with Crippen molar-refractivity contribution < 1.29 is 23.4 Å². The fourth-order valence-corrected chi connectivity index (χ4v) is 4.84. The molecule has 0 saturated carbocycles. The third-order valence-corrected chi connectivity index (χ3v) is 6.83. The Balaban J connectivity index is 1.36. The molecule has 1 amide bonds. The molecule has 2 aromatic rings. The number of piperidine rings is 1. The summed E-state index contributed by atoms with van der Waals surface area (Å²) < 4.78 is 30.3. The van der Waals surface area contributed by atoms with Gasteiger partial charge in [0.25, 0.3) is 0 Å². The molecule has 0 aromatic heterocycles. The maximum absolute atomic E-state index is 13.5. The molecule has 1 atom stereocenters. The number of likely N-dealkylation sites (tertiary alicyclic amines) is 1. The van der Waals surface area contributed by atoms with E-state index in [4.69, 9.17) is 14.2 Å². The Morgan fingerprint density at radius 3 is 2.43 bits per heavy atom. The lowest BCUT2D eigenvalue weighted by Gasteiger charge is -2.39. The van der Waals surface area contributed by atoms with Gasteiger partial charge in [-0.3, -0.25) is 4.79 Å². The molecule has 0 aliphatic carbocycles. The number of hydrogen-bond acceptors (Lipinski definition) is 5. The highest BCUT2D eigenvalue weighted by Gasteiger charge is 2.28. The van der Waals surface area contributed by atoms with Gasteiger partial charge in [-0.15, -0.1) is 0 Å². The summed E-state index contributed by atoms with van der Waals surface area (Å²) in [6.07, 6.45) is 3.36. The number of rotatable bonds is 10. The molecule has 2 fully saturated rings. The molecule has 0 N–H and O–H groups in total. The van der Waals surface area contributed by atoms with Crippen LogP contribution in [0.3, 0.4) is 0 Å². The van der Waals surface area contributed by atoms with E-state index in [1.807, 2.05) is 36.1 Å². The molecule has 1 unspecified atom stereocenters. The van der Waals surface area contributed by atoms with Crippen molar-refractivity contribution in [1.29, 1.82) is 0 Å². The van der Waals surface area contributed by atoms with Crippen LogP contribution in [0.2, 0.25) is 0 Å². The first-order valence-corrected chi connectivity index (χ1v) is 12.8. The van der Waals surface area contributed by atoms with Crippen molar-refractivity contribution in [2.45, 2.75) is 51.3 Å². The molecule has 0 bridgehead atoms. The Morgan fingerprint density at radius 2 is 1.77 bits per heavy atom. The van der Waals surface area contributed by atoms with Gasteiger partial charge >= 0.3 is 0 Å². The molecule has 2 aliphatic rings. The zero-order valence-electron chi connectivity index (χ0n) is 20.7. The first-order valence-electron chi connectivity index (χ1n) is 12.8. The summed E-state index contributed by atoms with van der Waals surface area (Å²) in [6.45, 7) is 8.01. The van der Waals surface area contributed by atoms with Gasteiger partial charge in [-0.25, -0.2) is 4.39 Å². The fraction of sp³-hybridized carbons (Fsp3) is 0.536. The second-order valence-electron chi connectivity index (χ2n) is 9.33. The van der Waals surface area contributed by atoms with E-state index in [0.29, 0.717) is 39.4 Å². The molecule has 190 valence electrons. The Bertz CT molecular complexity index is 908. The van der Waals surface area contributed by atoms with Crippen LogP contribution in [0.15, 0.2) is 48.5 Å². The van der Waals surface area contributed by atoms with E-state index in [1.54, 1.807) is 12.1 Å². The van der Waals surface area contributed by atoms with Gasteiger partial charge in [0.05, 0.1) is 39.0 Å². The van der Waals surface area contributed by atoms with Crippen LogP contribution >= 0.6 is 0 Å². The first kappa shape index (κ1) is 25.6. The molecule has 2 aromatic carbocycles. The van der Waals surface area contributed by atoms with Crippen molar-refractivity contribution in [3.8, 4) is 5.75 Å². The summed E-state index contributed by atoms with van der Waals surface area (Å²) in [5.41, 5.74) is 1.91. The quantitative estimate of drug-likeness (QED) is 0.509. The number of ether oxygens (including phenoxy) is 3. The lowest BCUT2D eigenvalue weighted by atomic mass is 10.00. The van der Waals surface area contributed by atoms with Crippen molar-refractivity contribution in [3.05, 3.63) is 65.5 Å². The van der Waals surface area contributed by atoms with Gasteiger partial charge in [0.2, 0.25) is 5.91 Å². The molecule has 4 rings (SSSR count). The van der Waals surface area contributed by atoms with Crippen LogP contribution < -0.4 is 4.74 Å². The smallest absolute Gasteiger partial charge is 0.227 e. The van der Waals surface area contributed by atoms with E-state index in [1.165, 1.54) is 12.1 Å². The third-order valence-electron chi connectivity index (χ3n) is 6.83. The molecule has 0 radical (unpaired) electrons. The van der Waals surface area contributed by atoms with E-state index >= 15 is 0 Å². The lowest BCUT2D eigenvalue weighted by molar-refractivity contribution is -0.134. The van der Waals surface area contributed by atoms with Crippen molar-refractivity contribution >= 4 is 5.91 Å². The number of carbonyl (C=O) groups is 1. The summed E-state index contributed by atoms with van der Waals surface area (Å²) >= 11 is 0. The predicted molar refractivity (Wildman–Crippen MR) is 133 cm³/mol. The molecule has 2 heterocycles. The molecule has 2 saturated heterocycles. The number of amides is 1. The average Bonchev–Trinajstić information content (AvgIpc) is 2.89. The Morgan fingerprint density at radius 1 is 1.06 bits per heavy atom. The SMILES string of the molecule is CCOc1ccc(CC(=O)N(Cc2ccc(F)cc2)C2CCN(CCC3COCCO3)CC2)cc1. The van der Waals surface area contributed by atoms with Crippen LogP contribution in [0, 0.1) is 5.82 Å². The first-order chi connectivity index (χ1) is 17.1. The van der Waals surface area contributed by atoms with Gasteiger partial charge in [0.1, 0.15) is 11.6 Å². The molecular formula is C28H37FN2O4. The predicted octanol–water partition coefficient (Wildman–Crippen LogP) is 4.07. The average molecular weight is 485 g/mol. The zero-order chi connectivity index (χ0) is 24.5. The monoisotopic (exact) mass is 484 g/mol. The minimum atomic E-state index is -0.262. The molecule has 2 aliphatic heterocycles. The van der Waals surface area contributed by atoms with Crippen molar-refractivity contribution in [1.82, 2.24) is 9.80 Å². The van der Waals surface area contributed by atoms with Gasteiger partial charge in [-0.1, -0.05) is 24.3 Å². The summed E-state index contributed by atoms with van der Waals surface area (Å²) in [5, 5.41) is 0. The van der Waals surface area contributed by atoms with E-state index in [0.717, 1.165) is 55.8 Å². The normalized spacial score (nSPS) is 19.4. The summed E-state index contributed by atoms with van der Waals surface area (Å²) in [7, 11) is 0. The highest BCUT2D eigenvalue weighted by atomic mass is 19.1. The summed E-state index contributed by atoms with van der Waals surface area (Å²) in [6, 6.07) is 14.4. The van der Waals surface area contributed by atoms with Crippen LogP contribution in [0.4, 0.5) is 4.39 Å². The Hall–Kier alpha value is -2.48. The highest BCUT2D eigenvalue weighted by molar-refractivity contribution is 5.79. The van der Waals surface area contributed by atoms with Crippen molar-refractivity contribution in [3.63, 3.8) is 0 Å². The third kappa shape index (κ3) is 7.75. The zero-order valence-corrected chi connectivity index (χ0v) is 20.7. The van der Waals surface area contributed by atoms with Crippen LogP contribution in [-0.4, -0.2) is 73.9 Å². The highest BCUT2D eigenvalue weighted by Crippen LogP contribution is 2.22. The minimum absolute atomic E-state index is 0.102.